The number of ether oxygens (including phenoxy) is 4. The Kier molecular flexibility index (Phi) is 6.05. The van der Waals surface area contributed by atoms with E-state index in [2.05, 4.69) is 9.72 Å². The van der Waals surface area contributed by atoms with Gasteiger partial charge in [0.15, 0.2) is 30.5 Å². The molecule has 0 aromatic carbocycles. The van der Waals surface area contributed by atoms with Crippen LogP contribution in [0.5, 0.6) is 0 Å². The van der Waals surface area contributed by atoms with Gasteiger partial charge in [-0.05, 0) is 6.07 Å². The molecule has 3 heterocycles. The first-order chi connectivity index (χ1) is 14.3. The molecular weight excluding hydrogens is 452 g/mol. The zero-order valence-electron chi connectivity index (χ0n) is 14.8. The Balaban J connectivity index is 1.77. The van der Waals surface area contributed by atoms with E-state index in [0.717, 1.165) is 16.8 Å². The van der Waals surface area contributed by atoms with Crippen molar-refractivity contribution in [2.45, 2.75) is 43.2 Å². The number of carbonyl (C=O) groups excluding carboxylic acids is 1. The summed E-state index contributed by atoms with van der Waals surface area (Å²) in [5.41, 5.74) is 0.596. The predicted molar refractivity (Wildman–Crippen MR) is 80.5 cm³/mol. The summed E-state index contributed by atoms with van der Waals surface area (Å²) >= 11 is 0. The third-order valence-corrected chi connectivity index (χ3v) is 4.39. The fraction of sp³-hybridized carbons (Fsp3) is 0.643. The number of hydrogen-bond acceptors (Lipinski definition) is 10. The van der Waals surface area contributed by atoms with Crippen LogP contribution >= 0.6 is 0 Å². The first kappa shape index (κ1) is 23.0. The van der Waals surface area contributed by atoms with Crippen LogP contribution in [0.15, 0.2) is 17.1 Å². The van der Waals surface area contributed by atoms with Crippen molar-refractivity contribution in [3.05, 3.63) is 22.7 Å². The Labute approximate surface area is 167 Å². The van der Waals surface area contributed by atoms with Gasteiger partial charge in [-0.2, -0.15) is 31.3 Å². The number of nitrogens with zero attached hydrogens (tertiary/aromatic N) is 2. The van der Waals surface area contributed by atoms with E-state index in [0.29, 0.717) is 0 Å². The Morgan fingerprint density at radius 1 is 1.16 bits per heavy atom. The molecule has 0 amide bonds. The smallest absolute Gasteiger partial charge is 0.424 e. The van der Waals surface area contributed by atoms with Crippen molar-refractivity contribution in [1.82, 2.24) is 9.55 Å². The van der Waals surface area contributed by atoms with Crippen molar-refractivity contribution < 1.29 is 60.4 Å². The normalized spacial score (nSPS) is 27.1. The summed E-state index contributed by atoms with van der Waals surface area (Å²) in [7, 11) is 0. The van der Waals surface area contributed by atoms with Crippen LogP contribution in [0.3, 0.4) is 0 Å². The molecule has 174 valence electrons. The van der Waals surface area contributed by atoms with Crippen molar-refractivity contribution in [3.8, 4) is 0 Å². The number of nitrogens with one attached hydrogen (secondary N) is 1. The Bertz CT molecular complexity index is 863. The van der Waals surface area contributed by atoms with E-state index in [-0.39, 0.29) is 5.82 Å². The average molecular weight is 465 g/mol. The van der Waals surface area contributed by atoms with Crippen LogP contribution in [0.1, 0.15) is 6.23 Å². The molecule has 1 unspecified atom stereocenters. The molecule has 0 radical (unpaired) electrons. The molecule has 11 nitrogen and oxygen atoms in total. The van der Waals surface area contributed by atoms with E-state index in [9.17, 15) is 41.0 Å². The van der Waals surface area contributed by atoms with E-state index >= 15 is 0 Å². The van der Waals surface area contributed by atoms with Crippen molar-refractivity contribution in [1.29, 1.82) is 0 Å². The summed E-state index contributed by atoms with van der Waals surface area (Å²) in [5.74, 6) is -4.44. The molecule has 2 fully saturated rings. The molecule has 1 aromatic rings. The van der Waals surface area contributed by atoms with Crippen LogP contribution in [0.25, 0.3) is 0 Å². The van der Waals surface area contributed by atoms with Gasteiger partial charge in [0.2, 0.25) is 5.92 Å². The summed E-state index contributed by atoms with van der Waals surface area (Å²) < 4.78 is 96.1. The summed E-state index contributed by atoms with van der Waals surface area (Å²) in [6.07, 6.45) is -20.9. The number of fused-ring (bicyclic) bond motifs is 1. The number of carbonyl (C=O) groups is 1. The predicted octanol–water partition coefficient (Wildman–Crippen LogP) is 0.922. The number of halogens is 6. The maximum Gasteiger partial charge on any atom is 0.509 e. The Morgan fingerprint density at radius 2 is 1.77 bits per heavy atom. The van der Waals surface area contributed by atoms with Gasteiger partial charge in [-0.3, -0.25) is 15.3 Å². The number of aliphatic hydroxyl groups excluding tert-OH is 1. The molecule has 0 aliphatic carbocycles. The van der Waals surface area contributed by atoms with Gasteiger partial charge in [0, 0.05) is 6.20 Å². The lowest BCUT2D eigenvalue weighted by Gasteiger charge is -2.28. The van der Waals surface area contributed by atoms with E-state index in [1.807, 2.05) is 0 Å². The molecule has 17 heteroatoms. The van der Waals surface area contributed by atoms with Gasteiger partial charge in [-0.15, -0.1) is 0 Å². The minimum absolute atomic E-state index is 0.246. The summed E-state index contributed by atoms with van der Waals surface area (Å²) in [6, 6.07) is 1.11. The van der Waals surface area contributed by atoms with Gasteiger partial charge in [-0.25, -0.2) is 9.59 Å². The molecule has 0 bridgehead atoms. The number of hydrogen-bond donors (Lipinski definition) is 3. The SMILES string of the molecule is O=C1O[C@@H]2[C@H](O1)[C@@H](COC(O)C(C(F)(F)F)C(F)(F)F)O[C@H]2n1ccc(NO)nc1=O. The van der Waals surface area contributed by atoms with Crippen LogP contribution in [-0.4, -0.2) is 69.6 Å². The lowest BCUT2D eigenvalue weighted by molar-refractivity contribution is -0.342. The maximum absolute atomic E-state index is 12.7. The van der Waals surface area contributed by atoms with Crippen LogP contribution in [0.4, 0.5) is 37.0 Å². The highest BCUT2D eigenvalue weighted by molar-refractivity contribution is 5.63. The van der Waals surface area contributed by atoms with Crippen molar-refractivity contribution in [2.24, 2.45) is 5.92 Å². The third-order valence-electron chi connectivity index (χ3n) is 4.39. The van der Waals surface area contributed by atoms with Crippen LogP contribution in [0, 0.1) is 5.92 Å². The largest absolute Gasteiger partial charge is 0.509 e. The number of aromatic nitrogens is 2. The second-order valence-electron chi connectivity index (χ2n) is 6.38. The molecule has 0 spiro atoms. The summed E-state index contributed by atoms with van der Waals surface area (Å²) in [6.45, 7) is -1.07. The summed E-state index contributed by atoms with van der Waals surface area (Å²) in [4.78, 5) is 26.9. The Hall–Kier alpha value is -2.63. The van der Waals surface area contributed by atoms with E-state index < -0.39 is 67.6 Å². The molecule has 2 aliphatic heterocycles. The summed E-state index contributed by atoms with van der Waals surface area (Å²) in [5, 5.41) is 18.1. The van der Waals surface area contributed by atoms with Crippen LogP contribution in [-0.2, 0) is 18.9 Å². The molecule has 31 heavy (non-hydrogen) atoms. The zero-order valence-corrected chi connectivity index (χ0v) is 14.8. The molecule has 0 saturated carbocycles. The van der Waals surface area contributed by atoms with E-state index in [1.165, 1.54) is 0 Å². The molecule has 3 rings (SSSR count). The van der Waals surface area contributed by atoms with Gasteiger partial charge in [-0.1, -0.05) is 0 Å². The third kappa shape index (κ3) is 4.68. The fourth-order valence-electron chi connectivity index (χ4n) is 3.05. The molecule has 2 saturated heterocycles. The second-order valence-corrected chi connectivity index (χ2v) is 6.38. The van der Waals surface area contributed by atoms with Gasteiger partial charge in [0.1, 0.15) is 6.10 Å². The second kappa shape index (κ2) is 8.13. The molecule has 2 aliphatic rings. The van der Waals surface area contributed by atoms with Crippen LogP contribution < -0.4 is 11.2 Å². The van der Waals surface area contributed by atoms with Gasteiger partial charge in [0.25, 0.3) is 0 Å². The Morgan fingerprint density at radius 3 is 2.32 bits per heavy atom. The number of anilines is 1. The number of alkyl halides is 6. The number of rotatable bonds is 6. The van der Waals surface area contributed by atoms with Gasteiger partial charge >= 0.3 is 24.2 Å². The first-order valence-electron chi connectivity index (χ1n) is 8.28. The van der Waals surface area contributed by atoms with Crippen LogP contribution in [0.2, 0.25) is 0 Å². The standard InChI is InChI=1S/C14H13F6N3O8/c15-13(16,17)8(14(18,19)20)10(24)28-3-4-6-7(31-12(26)30-6)9(29-4)23-2-1-5(22-27)21-11(23)25/h1-2,4,6-10,24,27H,3H2,(H,21,22,25)/t4-,6-,7-,9-,10?/m1/s1. The molecule has 5 atom stereocenters. The topological polar surface area (TPSA) is 141 Å². The highest BCUT2D eigenvalue weighted by atomic mass is 19.4. The molecule has 1 aromatic heterocycles. The minimum Gasteiger partial charge on any atom is -0.424 e. The van der Waals surface area contributed by atoms with E-state index in [1.54, 1.807) is 5.48 Å². The van der Waals surface area contributed by atoms with E-state index in [4.69, 9.17) is 19.4 Å². The first-order valence-corrected chi connectivity index (χ1v) is 8.28. The van der Waals surface area contributed by atoms with Gasteiger partial charge < -0.3 is 24.1 Å². The fourth-order valence-corrected chi connectivity index (χ4v) is 3.05. The number of aliphatic hydroxyl groups is 1. The monoisotopic (exact) mass is 465 g/mol. The quantitative estimate of drug-likeness (QED) is 0.240. The lowest BCUT2D eigenvalue weighted by Crippen LogP contribution is -2.47. The van der Waals surface area contributed by atoms with Crippen molar-refractivity contribution in [2.75, 3.05) is 12.1 Å². The van der Waals surface area contributed by atoms with Crippen molar-refractivity contribution >= 4 is 12.0 Å². The molecular formula is C14H13F6N3O8. The molecule has 3 N–H and O–H groups in total. The maximum atomic E-state index is 12.7. The van der Waals surface area contributed by atoms with Gasteiger partial charge in [0.05, 0.1) is 6.61 Å². The highest BCUT2D eigenvalue weighted by Crippen LogP contribution is 2.42. The zero-order chi connectivity index (χ0) is 23.1. The average Bonchev–Trinajstić information content (AvgIpc) is 3.15. The highest BCUT2D eigenvalue weighted by Gasteiger charge is 2.61. The minimum atomic E-state index is -5.86. The van der Waals surface area contributed by atoms with Crippen molar-refractivity contribution in [3.63, 3.8) is 0 Å². The lowest BCUT2D eigenvalue weighted by atomic mass is 10.1.